The second-order valence-corrected chi connectivity index (χ2v) is 15.6. The number of aromatic nitrogens is 1. The van der Waals surface area contributed by atoms with Crippen molar-refractivity contribution in [2.24, 2.45) is 0 Å². The molecule has 10 aromatic rings. The normalized spacial score (nSPS) is 10.8. The molecule has 0 saturated carbocycles. The highest BCUT2D eigenvalue weighted by molar-refractivity contribution is 5.92. The van der Waals surface area contributed by atoms with Crippen molar-refractivity contribution >= 4 is 22.5 Å². The Balaban J connectivity index is 0.000000397. The maximum Gasteiger partial charge on any atom is 0.227 e. The van der Waals surface area contributed by atoms with Crippen LogP contribution in [-0.2, 0) is 0 Å². The van der Waals surface area contributed by atoms with Gasteiger partial charge < -0.3 is 9.32 Å². The monoisotopic (exact) mass is 852 g/mol. The third-order valence-electron chi connectivity index (χ3n) is 11.2. The SMILES string of the molecule is C=C/C=C\C=C/C.CN(c1ccc(-c2cccc(-c3ccccc3)c2)cc1)c1ccc(-c2ccccc2-c2ccccc2-c2ccc(-c3nc4ccccc4o3)cc2)cc1.c1ccccc1. The van der Waals surface area contributed by atoms with E-state index in [0.717, 1.165) is 33.6 Å². The van der Waals surface area contributed by atoms with Crippen LogP contribution in [0.1, 0.15) is 6.92 Å². The molecule has 0 spiro atoms. The van der Waals surface area contributed by atoms with E-state index in [9.17, 15) is 0 Å². The Hall–Kier alpha value is -8.53. The molecule has 1 aromatic heterocycles. The van der Waals surface area contributed by atoms with Crippen LogP contribution < -0.4 is 4.90 Å². The lowest BCUT2D eigenvalue weighted by molar-refractivity contribution is 0.620. The molecule has 0 N–H and O–H groups in total. The fourth-order valence-corrected chi connectivity index (χ4v) is 7.77. The summed E-state index contributed by atoms with van der Waals surface area (Å²) >= 11 is 0. The van der Waals surface area contributed by atoms with Crippen molar-refractivity contribution in [3.63, 3.8) is 0 Å². The number of nitrogens with zero attached hydrogens (tertiary/aromatic N) is 2. The number of hydrogen-bond acceptors (Lipinski definition) is 3. The third-order valence-corrected chi connectivity index (χ3v) is 11.2. The molecule has 10 rings (SSSR count). The summed E-state index contributed by atoms with van der Waals surface area (Å²) < 4.78 is 6.03. The highest BCUT2D eigenvalue weighted by atomic mass is 16.3. The van der Waals surface area contributed by atoms with E-state index >= 15 is 0 Å². The molecule has 0 bridgehead atoms. The van der Waals surface area contributed by atoms with E-state index in [4.69, 9.17) is 4.42 Å². The Morgan fingerprint density at radius 1 is 0.394 bits per heavy atom. The summed E-state index contributed by atoms with van der Waals surface area (Å²) in [4.78, 5) is 6.92. The molecule has 0 aliphatic carbocycles. The summed E-state index contributed by atoms with van der Waals surface area (Å²) in [7, 11) is 2.12. The van der Waals surface area contributed by atoms with Gasteiger partial charge in [0.05, 0.1) is 0 Å². The first-order valence-corrected chi connectivity index (χ1v) is 22.2. The minimum Gasteiger partial charge on any atom is -0.436 e. The molecule has 3 heteroatoms. The topological polar surface area (TPSA) is 29.3 Å². The second-order valence-electron chi connectivity index (χ2n) is 15.6. The van der Waals surface area contributed by atoms with Crippen molar-refractivity contribution in [1.82, 2.24) is 4.98 Å². The van der Waals surface area contributed by atoms with Crippen molar-refractivity contribution in [3.05, 3.63) is 274 Å². The van der Waals surface area contributed by atoms with Crippen molar-refractivity contribution in [3.8, 4) is 67.1 Å². The van der Waals surface area contributed by atoms with Crippen molar-refractivity contribution in [2.75, 3.05) is 11.9 Å². The predicted molar refractivity (Wildman–Crippen MR) is 282 cm³/mol. The van der Waals surface area contributed by atoms with E-state index in [1.165, 1.54) is 50.1 Å². The van der Waals surface area contributed by atoms with Crippen LogP contribution in [0.15, 0.2) is 278 Å². The lowest BCUT2D eigenvalue weighted by atomic mass is 9.89. The zero-order valence-electron chi connectivity index (χ0n) is 37.4. The van der Waals surface area contributed by atoms with Crippen LogP contribution in [0.5, 0.6) is 0 Å². The molecular formula is C63H52N2O. The van der Waals surface area contributed by atoms with Gasteiger partial charge in [0, 0.05) is 24.0 Å². The van der Waals surface area contributed by atoms with Gasteiger partial charge in [-0.2, -0.15) is 0 Å². The fraction of sp³-hybridized carbons (Fsp3) is 0.0317. The summed E-state index contributed by atoms with van der Waals surface area (Å²) in [6.07, 6.45) is 9.51. The van der Waals surface area contributed by atoms with Gasteiger partial charge in [0.25, 0.3) is 0 Å². The molecule has 0 saturated heterocycles. The van der Waals surface area contributed by atoms with Gasteiger partial charge in [-0.1, -0.05) is 219 Å². The van der Waals surface area contributed by atoms with E-state index in [1.54, 1.807) is 6.08 Å². The molecule has 0 atom stereocenters. The largest absolute Gasteiger partial charge is 0.436 e. The Kier molecular flexibility index (Phi) is 14.8. The van der Waals surface area contributed by atoms with Gasteiger partial charge in [-0.15, -0.1) is 0 Å². The average Bonchev–Trinajstić information content (AvgIpc) is 3.85. The van der Waals surface area contributed by atoms with Gasteiger partial charge in [-0.25, -0.2) is 4.98 Å². The minimum atomic E-state index is 0.632. The maximum atomic E-state index is 6.03. The van der Waals surface area contributed by atoms with Gasteiger partial charge in [0.1, 0.15) is 5.52 Å². The van der Waals surface area contributed by atoms with E-state index in [2.05, 4.69) is 199 Å². The highest BCUT2D eigenvalue weighted by Gasteiger charge is 2.14. The summed E-state index contributed by atoms with van der Waals surface area (Å²) in [6, 6.07) is 82.7. The molecule has 66 heavy (non-hydrogen) atoms. The summed E-state index contributed by atoms with van der Waals surface area (Å²) in [5.74, 6) is 0.632. The van der Waals surface area contributed by atoms with Crippen molar-refractivity contribution in [2.45, 2.75) is 6.92 Å². The molecule has 9 aromatic carbocycles. The maximum absolute atomic E-state index is 6.03. The van der Waals surface area contributed by atoms with E-state index in [0.29, 0.717) is 5.89 Å². The van der Waals surface area contributed by atoms with Crippen LogP contribution in [-0.4, -0.2) is 12.0 Å². The molecule has 1 heterocycles. The van der Waals surface area contributed by atoms with E-state index < -0.39 is 0 Å². The second kappa shape index (κ2) is 22.2. The van der Waals surface area contributed by atoms with Gasteiger partial charge in [0.2, 0.25) is 5.89 Å². The molecule has 0 aliphatic rings. The number of anilines is 2. The Morgan fingerprint density at radius 3 is 1.35 bits per heavy atom. The van der Waals surface area contributed by atoms with Crippen LogP contribution in [0.25, 0.3) is 78.2 Å². The standard InChI is InChI=1S/C50H36N2O.C7H10.C6H6/c1-52(42-30-26-36(27-31-42)41-15-11-14-40(34-41)35-12-3-2-4-13-35)43-32-28-38(29-33-43)45-17-6-8-19-47(45)46-18-7-5-16-44(46)37-22-24-39(25-23-37)50-51-48-20-9-10-21-49(48)53-50;1-3-5-7-6-4-2;1-2-4-6-5-3-1/h2-34H,1H3;3-7H,1H2,2H3;1-6H/b;6-4-,7-5-;. The van der Waals surface area contributed by atoms with Gasteiger partial charge in [-0.05, 0) is 117 Å². The van der Waals surface area contributed by atoms with Crippen LogP contribution >= 0.6 is 0 Å². The first-order chi connectivity index (χ1) is 32.6. The highest BCUT2D eigenvalue weighted by Crippen LogP contribution is 2.39. The minimum absolute atomic E-state index is 0.632. The van der Waals surface area contributed by atoms with Crippen molar-refractivity contribution in [1.29, 1.82) is 0 Å². The van der Waals surface area contributed by atoms with Crippen molar-refractivity contribution < 1.29 is 4.42 Å². The fourth-order valence-electron chi connectivity index (χ4n) is 7.77. The van der Waals surface area contributed by atoms with Crippen LogP contribution in [0.3, 0.4) is 0 Å². The number of benzene rings is 9. The first kappa shape index (κ1) is 44.1. The number of allylic oxidation sites excluding steroid dienone is 5. The third kappa shape index (κ3) is 11.0. The first-order valence-electron chi connectivity index (χ1n) is 22.2. The number of oxazole rings is 1. The lowest BCUT2D eigenvalue weighted by Gasteiger charge is -2.21. The average molecular weight is 853 g/mol. The molecule has 3 nitrogen and oxygen atoms in total. The quantitative estimate of drug-likeness (QED) is 0.128. The predicted octanol–water partition coefficient (Wildman–Crippen LogP) is 17.6. The zero-order valence-corrected chi connectivity index (χ0v) is 37.4. The van der Waals surface area contributed by atoms with E-state index in [1.807, 2.05) is 91.9 Å². The summed E-state index contributed by atoms with van der Waals surface area (Å²) in [6.45, 7) is 5.49. The zero-order chi connectivity index (χ0) is 45.3. The van der Waals surface area contributed by atoms with Crippen LogP contribution in [0.2, 0.25) is 0 Å². The lowest BCUT2D eigenvalue weighted by Crippen LogP contribution is -2.09. The molecule has 0 fully saturated rings. The molecule has 0 aliphatic heterocycles. The van der Waals surface area contributed by atoms with Gasteiger partial charge >= 0.3 is 0 Å². The molecular weight excluding hydrogens is 801 g/mol. The Bertz CT molecular complexity index is 3080. The summed E-state index contributed by atoms with van der Waals surface area (Å²) in [5.41, 5.74) is 16.8. The number of fused-ring (bicyclic) bond motifs is 1. The van der Waals surface area contributed by atoms with E-state index in [-0.39, 0.29) is 0 Å². The summed E-state index contributed by atoms with van der Waals surface area (Å²) in [5, 5.41) is 0. The number of hydrogen-bond donors (Lipinski definition) is 0. The molecule has 0 amide bonds. The Labute approximate surface area is 389 Å². The van der Waals surface area contributed by atoms with Gasteiger partial charge in [0.15, 0.2) is 5.58 Å². The number of para-hydroxylation sites is 2. The molecule has 320 valence electrons. The smallest absolute Gasteiger partial charge is 0.227 e. The van der Waals surface area contributed by atoms with Crippen LogP contribution in [0, 0.1) is 0 Å². The number of rotatable bonds is 10. The molecule has 0 unspecified atom stereocenters. The van der Waals surface area contributed by atoms with Gasteiger partial charge in [-0.3, -0.25) is 0 Å². The molecule has 0 radical (unpaired) electrons. The Morgan fingerprint density at radius 2 is 0.818 bits per heavy atom. The van der Waals surface area contributed by atoms with Crippen LogP contribution in [0.4, 0.5) is 11.4 Å².